The van der Waals surface area contributed by atoms with Gasteiger partial charge in [-0.25, -0.2) is 4.39 Å². The molecule has 3 fully saturated rings. The largest absolute Gasteiger partial charge is 0.508 e. The third-order valence-electron chi connectivity index (χ3n) is 12.7. The van der Waals surface area contributed by atoms with Crippen LogP contribution in [0.2, 0.25) is 5.02 Å². The zero-order chi connectivity index (χ0) is 47.1. The quantitative estimate of drug-likeness (QED) is 0.0645. The van der Waals surface area contributed by atoms with Crippen LogP contribution in [0.1, 0.15) is 53.3 Å². The number of fused-ring (bicyclic) bond motifs is 3. The number of piperazine rings is 1. The van der Waals surface area contributed by atoms with Gasteiger partial charge in [0.1, 0.15) is 29.2 Å². The molecule has 1 unspecified atom stereocenters. The molecule has 18 nitrogen and oxygen atoms in total. The van der Waals surface area contributed by atoms with Crippen LogP contribution in [-0.4, -0.2) is 153 Å². The number of hydrogen-bond acceptors (Lipinski definition) is 15. The topological polar surface area (TPSA) is 227 Å². The number of aliphatic hydroxyl groups excluding tert-OH is 1. The average molecular weight is 939 g/mol. The Kier molecular flexibility index (Phi) is 12.9. The van der Waals surface area contributed by atoms with Gasteiger partial charge in [-0.3, -0.25) is 39.1 Å². The number of nitrogens with one attached hydrogen (secondary N) is 2. The van der Waals surface area contributed by atoms with Crippen LogP contribution in [0.3, 0.4) is 0 Å². The second-order valence-electron chi connectivity index (χ2n) is 17.1. The van der Waals surface area contributed by atoms with E-state index in [0.717, 1.165) is 17.7 Å². The molecule has 2 atom stereocenters. The standard InChI is InChI=1S/C47H48ClFN8O10/c1-25(24-54-14-11-28(12-15-54)66-20-13-50-34-8-4-7-30-38(34)44(62)57(43(30)61)35-9-10-36(59)51-42(35)60)67-47-52-40-32(41(53-47)55-16-18-56(19-17-55)45(63)46(64)65)23-33(48)37(39(40)49)31-22-27(58)21-26-5-2-3-6-29(26)31/h2-8,21-23,25,28,35,46,50,58,64-65H,9-20,24H2,1H3,(H,51,59,60)/t25-,35?/m1/s1. The molecule has 0 aliphatic carbocycles. The number of aromatic nitrogens is 2. The zero-order valence-corrected chi connectivity index (χ0v) is 37.2. The van der Waals surface area contributed by atoms with Crippen molar-refractivity contribution in [2.24, 2.45) is 0 Å². The molecule has 4 aliphatic rings. The predicted octanol–water partition coefficient (Wildman–Crippen LogP) is 3.67. The molecule has 5 amide bonds. The SMILES string of the molecule is C[C@H](CN1CCC(OCCNc2cccc3c2C(=O)N(C2CCC(=O)NC2=O)C3=O)CC1)Oc1nc(N2CCN(C(=O)C(O)O)CC2)c2cc(Cl)c(-c3cc(O)cc4ccccc34)c(F)c2n1. The van der Waals surface area contributed by atoms with Crippen LogP contribution in [0, 0.1) is 5.82 Å². The first kappa shape index (κ1) is 45.6. The Morgan fingerprint density at radius 3 is 2.42 bits per heavy atom. The highest BCUT2D eigenvalue weighted by atomic mass is 35.5. The van der Waals surface area contributed by atoms with Gasteiger partial charge in [-0.15, -0.1) is 0 Å². The van der Waals surface area contributed by atoms with Gasteiger partial charge < -0.3 is 39.9 Å². The molecule has 0 radical (unpaired) electrons. The van der Waals surface area contributed by atoms with Crippen LogP contribution in [0.4, 0.5) is 15.9 Å². The monoisotopic (exact) mass is 938 g/mol. The number of anilines is 2. The number of likely N-dealkylation sites (tertiary alicyclic amines) is 1. The predicted molar refractivity (Wildman–Crippen MR) is 243 cm³/mol. The molecule has 5 N–H and O–H groups in total. The van der Waals surface area contributed by atoms with Crippen LogP contribution in [0.25, 0.3) is 32.8 Å². The minimum atomic E-state index is -2.14. The van der Waals surface area contributed by atoms with Crippen LogP contribution >= 0.6 is 11.6 Å². The van der Waals surface area contributed by atoms with Crippen molar-refractivity contribution in [3.63, 3.8) is 0 Å². The summed E-state index contributed by atoms with van der Waals surface area (Å²) >= 11 is 6.88. The van der Waals surface area contributed by atoms with E-state index in [1.54, 1.807) is 30.3 Å². The molecule has 350 valence electrons. The van der Waals surface area contributed by atoms with E-state index in [9.17, 15) is 39.3 Å². The summed E-state index contributed by atoms with van der Waals surface area (Å²) in [6.07, 6.45) is -1.03. The highest BCUT2D eigenvalue weighted by Crippen LogP contribution is 2.43. The van der Waals surface area contributed by atoms with Crippen molar-refractivity contribution in [2.75, 3.05) is 69.2 Å². The molecule has 67 heavy (non-hydrogen) atoms. The van der Waals surface area contributed by atoms with Crippen LogP contribution < -0.4 is 20.3 Å². The van der Waals surface area contributed by atoms with E-state index in [-0.39, 0.29) is 84.1 Å². The van der Waals surface area contributed by atoms with Gasteiger partial charge in [0.05, 0.1) is 28.9 Å². The first-order chi connectivity index (χ1) is 32.2. The van der Waals surface area contributed by atoms with Gasteiger partial charge in [0.25, 0.3) is 17.7 Å². The van der Waals surface area contributed by atoms with Gasteiger partial charge in [-0.1, -0.05) is 41.9 Å². The fourth-order valence-corrected chi connectivity index (χ4v) is 9.71. The molecule has 0 saturated carbocycles. The second kappa shape index (κ2) is 19.0. The number of phenols is 1. The van der Waals surface area contributed by atoms with E-state index in [4.69, 9.17) is 26.1 Å². The lowest BCUT2D eigenvalue weighted by atomic mass is 9.96. The number of carbonyl (C=O) groups excluding carboxylic acids is 5. The number of hydrogen-bond donors (Lipinski definition) is 5. The van der Waals surface area contributed by atoms with E-state index in [1.807, 2.05) is 36.1 Å². The van der Waals surface area contributed by atoms with Gasteiger partial charge in [-0.05, 0) is 72.9 Å². The van der Waals surface area contributed by atoms with Crippen molar-refractivity contribution < 1.29 is 53.2 Å². The molecule has 1 aromatic heterocycles. The van der Waals surface area contributed by atoms with Gasteiger partial charge in [0.2, 0.25) is 18.1 Å². The lowest BCUT2D eigenvalue weighted by Crippen LogP contribution is -2.54. The van der Waals surface area contributed by atoms with Crippen LogP contribution in [0.5, 0.6) is 11.8 Å². The Balaban J connectivity index is 0.846. The maximum absolute atomic E-state index is 17.1. The summed E-state index contributed by atoms with van der Waals surface area (Å²) in [6, 6.07) is 15.7. The Labute approximate surface area is 388 Å². The maximum atomic E-state index is 17.1. The summed E-state index contributed by atoms with van der Waals surface area (Å²) in [7, 11) is 0. The van der Waals surface area contributed by atoms with Gasteiger partial charge >= 0.3 is 6.01 Å². The zero-order valence-electron chi connectivity index (χ0n) is 36.4. The Bertz CT molecular complexity index is 2800. The van der Waals surface area contributed by atoms with Crippen molar-refractivity contribution >= 4 is 74.3 Å². The van der Waals surface area contributed by atoms with Crippen molar-refractivity contribution in [2.45, 2.75) is 57.1 Å². The number of carbonyl (C=O) groups is 5. The maximum Gasteiger partial charge on any atom is 0.319 e. The molecular formula is C47H48ClFN8O10. The number of amides is 5. The summed E-state index contributed by atoms with van der Waals surface area (Å²) in [5.74, 6) is -3.55. The summed E-state index contributed by atoms with van der Waals surface area (Å²) < 4.78 is 29.6. The lowest BCUT2D eigenvalue weighted by molar-refractivity contribution is -0.159. The third-order valence-corrected chi connectivity index (χ3v) is 13.0. The molecule has 4 aromatic carbocycles. The minimum Gasteiger partial charge on any atom is -0.508 e. The molecule has 9 rings (SSSR count). The number of halogens is 2. The number of phenolic OH excluding ortho intramolecular Hbond substituents is 1. The van der Waals surface area contributed by atoms with Crippen LogP contribution in [-0.2, 0) is 19.1 Å². The Hall–Kier alpha value is -6.51. The Morgan fingerprint density at radius 2 is 1.67 bits per heavy atom. The van der Waals surface area contributed by atoms with Crippen molar-refractivity contribution in [1.29, 1.82) is 0 Å². The average Bonchev–Trinajstić information content (AvgIpc) is 3.56. The molecule has 4 aliphatic heterocycles. The molecule has 20 heteroatoms. The van der Waals surface area contributed by atoms with Crippen molar-refractivity contribution in [3.05, 3.63) is 82.6 Å². The summed E-state index contributed by atoms with van der Waals surface area (Å²) in [5, 5.41) is 36.7. The highest BCUT2D eigenvalue weighted by Gasteiger charge is 2.45. The lowest BCUT2D eigenvalue weighted by Gasteiger charge is -2.36. The van der Waals surface area contributed by atoms with Crippen molar-refractivity contribution in [3.8, 4) is 22.9 Å². The number of aliphatic hydroxyl groups is 2. The normalized spacial score (nSPS) is 18.8. The summed E-state index contributed by atoms with van der Waals surface area (Å²) in [5.41, 5.74) is 1.20. The number of nitrogens with zero attached hydrogens (tertiary/aromatic N) is 6. The first-order valence-corrected chi connectivity index (χ1v) is 22.5. The molecule has 3 saturated heterocycles. The first-order valence-electron chi connectivity index (χ1n) is 22.2. The Morgan fingerprint density at radius 1 is 0.910 bits per heavy atom. The van der Waals surface area contributed by atoms with Crippen LogP contribution in [0.15, 0.2) is 60.7 Å². The van der Waals surface area contributed by atoms with E-state index in [1.165, 1.54) is 11.0 Å². The molecular weight excluding hydrogens is 891 g/mol. The van der Waals surface area contributed by atoms with Gasteiger partial charge in [0.15, 0.2) is 5.82 Å². The number of aromatic hydroxyl groups is 1. The van der Waals surface area contributed by atoms with Gasteiger partial charge in [0, 0.05) is 75.4 Å². The molecule has 0 spiro atoms. The molecule has 5 aromatic rings. The van der Waals surface area contributed by atoms with E-state index >= 15 is 4.39 Å². The van der Waals surface area contributed by atoms with E-state index in [0.29, 0.717) is 66.0 Å². The number of piperidine rings is 2. The fraction of sp³-hybridized carbons (Fsp3) is 0.383. The minimum absolute atomic E-state index is 0.0302. The molecule has 5 heterocycles. The summed E-state index contributed by atoms with van der Waals surface area (Å²) in [6.45, 7) is 5.25. The summed E-state index contributed by atoms with van der Waals surface area (Å²) in [4.78, 5) is 78.9. The molecule has 0 bridgehead atoms. The van der Waals surface area contributed by atoms with Crippen molar-refractivity contribution in [1.82, 2.24) is 30.0 Å². The highest BCUT2D eigenvalue weighted by molar-refractivity contribution is 6.35. The second-order valence-corrected chi connectivity index (χ2v) is 17.5. The smallest absolute Gasteiger partial charge is 0.319 e. The third kappa shape index (κ3) is 9.16. The number of ether oxygens (including phenoxy) is 2. The number of rotatable bonds is 13. The number of benzene rings is 4. The fourth-order valence-electron chi connectivity index (χ4n) is 9.42. The van der Waals surface area contributed by atoms with E-state index < -0.39 is 53.8 Å². The number of imide groups is 2. The van der Waals surface area contributed by atoms with E-state index in [2.05, 4.69) is 20.5 Å². The van der Waals surface area contributed by atoms with Gasteiger partial charge in [-0.2, -0.15) is 9.97 Å².